The van der Waals surface area contributed by atoms with E-state index in [9.17, 15) is 9.59 Å². The summed E-state index contributed by atoms with van der Waals surface area (Å²) in [4.78, 5) is 26.8. The lowest BCUT2D eigenvalue weighted by Crippen LogP contribution is -2.57. The molecule has 1 amide bonds. The molecule has 4 nitrogen and oxygen atoms in total. The Bertz CT molecular complexity index is 871. The second kappa shape index (κ2) is 5.45. The van der Waals surface area contributed by atoms with Crippen molar-refractivity contribution in [2.24, 2.45) is 23.7 Å². The Kier molecular flexibility index (Phi) is 3.31. The van der Waals surface area contributed by atoms with E-state index in [2.05, 4.69) is 0 Å². The largest absolute Gasteiger partial charge is 0.431 e. The lowest BCUT2D eigenvalue weighted by atomic mass is 9.53. The van der Waals surface area contributed by atoms with Crippen LogP contribution in [-0.4, -0.2) is 11.9 Å². The van der Waals surface area contributed by atoms with Crippen LogP contribution in [0.15, 0.2) is 39.7 Å². The Morgan fingerprint density at radius 1 is 1.00 bits per heavy atom. The minimum atomic E-state index is -0.340. The molecule has 0 N–H and O–H groups in total. The fraction of sp³-hybridized carbons (Fsp3) is 0.524. The summed E-state index contributed by atoms with van der Waals surface area (Å²) in [6, 6.07) is 7.72. The van der Waals surface area contributed by atoms with Crippen LogP contribution in [-0.2, 0) is 4.79 Å². The Morgan fingerprint density at radius 2 is 1.68 bits per heavy atom. The number of fused-ring (bicyclic) bond motifs is 1. The molecular formula is C21H23NO3. The summed E-state index contributed by atoms with van der Waals surface area (Å²) in [5.41, 5.74) is 0.531. The normalized spacial score (nSPS) is 32.9. The monoisotopic (exact) mass is 337 g/mol. The summed E-state index contributed by atoms with van der Waals surface area (Å²) in [6.07, 6.45) is 7.86. The highest BCUT2D eigenvalue weighted by Crippen LogP contribution is 2.55. The molecule has 4 fully saturated rings. The SMILES string of the molecule is CC(=O)N(c1cccc2c(=O)occc12)C1C2CC3CC(C2)CC1C3. The van der Waals surface area contributed by atoms with Gasteiger partial charge in [0.2, 0.25) is 5.91 Å². The van der Waals surface area contributed by atoms with Gasteiger partial charge < -0.3 is 9.32 Å². The third-order valence-electron chi connectivity index (χ3n) is 6.79. The van der Waals surface area contributed by atoms with E-state index in [0.29, 0.717) is 17.2 Å². The van der Waals surface area contributed by atoms with Crippen molar-refractivity contribution < 1.29 is 9.21 Å². The van der Waals surface area contributed by atoms with Crippen molar-refractivity contribution in [3.05, 3.63) is 40.9 Å². The van der Waals surface area contributed by atoms with E-state index >= 15 is 0 Å². The van der Waals surface area contributed by atoms with Crippen molar-refractivity contribution >= 4 is 22.4 Å². The molecule has 1 aromatic heterocycles. The van der Waals surface area contributed by atoms with Crippen molar-refractivity contribution in [3.63, 3.8) is 0 Å². The average Bonchev–Trinajstić information content (AvgIpc) is 2.57. The van der Waals surface area contributed by atoms with Gasteiger partial charge in [0, 0.05) is 18.4 Å². The van der Waals surface area contributed by atoms with Crippen LogP contribution in [0.25, 0.3) is 10.8 Å². The summed E-state index contributed by atoms with van der Waals surface area (Å²) in [5.74, 6) is 3.03. The predicted octanol–water partition coefficient (Wildman–Crippen LogP) is 3.97. The molecule has 4 heteroatoms. The smallest absolute Gasteiger partial charge is 0.343 e. The molecule has 0 spiro atoms. The highest BCUT2D eigenvalue weighted by Gasteiger charge is 2.51. The number of amides is 1. The molecule has 25 heavy (non-hydrogen) atoms. The Hall–Kier alpha value is -2.10. The van der Waals surface area contributed by atoms with Gasteiger partial charge in [0.15, 0.2) is 0 Å². The molecule has 6 rings (SSSR count). The molecule has 1 heterocycles. The Balaban J connectivity index is 1.64. The molecule has 0 radical (unpaired) electrons. The highest BCUT2D eigenvalue weighted by molar-refractivity contribution is 6.03. The average molecular weight is 337 g/mol. The van der Waals surface area contributed by atoms with E-state index in [0.717, 1.165) is 22.9 Å². The van der Waals surface area contributed by atoms with Gasteiger partial charge in [-0.25, -0.2) is 4.79 Å². The minimum absolute atomic E-state index is 0.0817. The van der Waals surface area contributed by atoms with Gasteiger partial charge in [-0.2, -0.15) is 0 Å². The van der Waals surface area contributed by atoms with Crippen molar-refractivity contribution in [1.82, 2.24) is 0 Å². The topological polar surface area (TPSA) is 50.5 Å². The van der Waals surface area contributed by atoms with Gasteiger partial charge >= 0.3 is 5.63 Å². The first-order valence-electron chi connectivity index (χ1n) is 9.42. The van der Waals surface area contributed by atoms with E-state index in [1.807, 2.05) is 23.1 Å². The number of carbonyl (C=O) groups excluding carboxylic acids is 1. The van der Waals surface area contributed by atoms with E-state index in [1.165, 1.54) is 38.4 Å². The summed E-state index contributed by atoms with van der Waals surface area (Å²) in [5, 5.41) is 1.37. The quantitative estimate of drug-likeness (QED) is 0.833. The standard InChI is InChI=1S/C21H23NO3/c1-12(23)22(19-4-2-3-18-17(19)5-6-25-21(18)24)20-15-8-13-7-14(10-15)11-16(20)9-13/h2-6,13-16,20H,7-11H2,1H3. The summed E-state index contributed by atoms with van der Waals surface area (Å²) < 4.78 is 5.02. The van der Waals surface area contributed by atoms with Gasteiger partial charge in [-0.3, -0.25) is 4.79 Å². The zero-order chi connectivity index (χ0) is 17.1. The van der Waals surface area contributed by atoms with Gasteiger partial charge in [0.05, 0.1) is 17.3 Å². The zero-order valence-electron chi connectivity index (χ0n) is 14.5. The molecule has 4 aliphatic carbocycles. The minimum Gasteiger partial charge on any atom is -0.431 e. The van der Waals surface area contributed by atoms with Gasteiger partial charge in [-0.15, -0.1) is 0 Å². The summed E-state index contributed by atoms with van der Waals surface area (Å²) in [7, 11) is 0. The van der Waals surface area contributed by atoms with Crippen molar-refractivity contribution in [2.75, 3.05) is 4.90 Å². The van der Waals surface area contributed by atoms with E-state index < -0.39 is 0 Å². The molecule has 130 valence electrons. The molecule has 4 aliphatic rings. The number of carbonyl (C=O) groups is 1. The van der Waals surface area contributed by atoms with Crippen molar-refractivity contribution in [1.29, 1.82) is 0 Å². The summed E-state index contributed by atoms with van der Waals surface area (Å²) >= 11 is 0. The number of rotatable bonds is 2. The van der Waals surface area contributed by atoms with Crippen molar-refractivity contribution in [2.45, 2.75) is 45.1 Å². The number of hydrogen-bond donors (Lipinski definition) is 0. The van der Waals surface area contributed by atoms with Crippen LogP contribution in [0.3, 0.4) is 0 Å². The third kappa shape index (κ3) is 2.26. The van der Waals surface area contributed by atoms with Crippen LogP contribution < -0.4 is 10.5 Å². The fourth-order valence-corrected chi connectivity index (χ4v) is 6.20. The van der Waals surface area contributed by atoms with Crippen LogP contribution in [0, 0.1) is 23.7 Å². The number of benzene rings is 1. The first kappa shape index (κ1) is 15.2. The fourth-order valence-electron chi connectivity index (χ4n) is 6.20. The second-order valence-corrected chi connectivity index (χ2v) is 8.26. The van der Waals surface area contributed by atoms with Gasteiger partial charge in [-0.05, 0) is 74.0 Å². The highest BCUT2D eigenvalue weighted by atomic mass is 16.4. The second-order valence-electron chi connectivity index (χ2n) is 8.26. The maximum Gasteiger partial charge on any atom is 0.343 e. The molecule has 2 aromatic rings. The van der Waals surface area contributed by atoms with E-state index in [4.69, 9.17) is 4.42 Å². The first-order valence-corrected chi connectivity index (χ1v) is 9.42. The summed E-state index contributed by atoms with van der Waals surface area (Å²) in [6.45, 7) is 1.66. The zero-order valence-corrected chi connectivity index (χ0v) is 14.5. The number of anilines is 1. The maximum atomic E-state index is 12.7. The molecule has 1 aromatic carbocycles. The number of nitrogens with zero attached hydrogens (tertiary/aromatic N) is 1. The van der Waals surface area contributed by atoms with Crippen LogP contribution in [0.5, 0.6) is 0 Å². The first-order chi connectivity index (χ1) is 12.1. The van der Waals surface area contributed by atoms with Gasteiger partial charge in [-0.1, -0.05) is 6.07 Å². The molecule has 0 atom stereocenters. The number of hydrogen-bond acceptors (Lipinski definition) is 3. The van der Waals surface area contributed by atoms with Gasteiger partial charge in [0.1, 0.15) is 0 Å². The van der Waals surface area contributed by atoms with Crippen LogP contribution in [0.2, 0.25) is 0 Å². The molecule has 0 saturated heterocycles. The van der Waals surface area contributed by atoms with Crippen molar-refractivity contribution in [3.8, 4) is 0 Å². The van der Waals surface area contributed by atoms with Crippen LogP contribution in [0.1, 0.15) is 39.0 Å². The Labute approximate surface area is 146 Å². The molecule has 4 bridgehead atoms. The van der Waals surface area contributed by atoms with E-state index in [1.54, 1.807) is 13.0 Å². The maximum absolute atomic E-state index is 12.7. The Morgan fingerprint density at radius 3 is 2.32 bits per heavy atom. The van der Waals surface area contributed by atoms with Gasteiger partial charge in [0.25, 0.3) is 0 Å². The lowest BCUT2D eigenvalue weighted by Gasteiger charge is -2.57. The van der Waals surface area contributed by atoms with Crippen LogP contribution in [0.4, 0.5) is 5.69 Å². The third-order valence-corrected chi connectivity index (χ3v) is 6.79. The van der Waals surface area contributed by atoms with Crippen LogP contribution >= 0.6 is 0 Å². The predicted molar refractivity (Wildman–Crippen MR) is 96.5 cm³/mol. The molecule has 4 saturated carbocycles. The molecular weight excluding hydrogens is 314 g/mol. The van der Waals surface area contributed by atoms with E-state index in [-0.39, 0.29) is 17.6 Å². The molecule has 0 unspecified atom stereocenters. The lowest BCUT2D eigenvalue weighted by molar-refractivity contribution is -0.119. The molecule has 0 aliphatic heterocycles.